The van der Waals surface area contributed by atoms with Crippen molar-refractivity contribution in [2.24, 2.45) is 11.8 Å². The third-order valence-electron chi connectivity index (χ3n) is 6.28. The molecule has 5 nitrogen and oxygen atoms in total. The van der Waals surface area contributed by atoms with Crippen LogP contribution >= 0.6 is 0 Å². The minimum atomic E-state index is 0.136. The maximum absolute atomic E-state index is 12.8. The van der Waals surface area contributed by atoms with E-state index < -0.39 is 0 Å². The number of likely N-dealkylation sites (tertiary alicyclic amines) is 1. The summed E-state index contributed by atoms with van der Waals surface area (Å²) in [5.74, 6) is 2.88. The maximum Gasteiger partial charge on any atom is 0.255 e. The van der Waals surface area contributed by atoms with Crippen LogP contribution in [0, 0.1) is 11.8 Å². The van der Waals surface area contributed by atoms with Gasteiger partial charge in [0.2, 0.25) is 0 Å². The van der Waals surface area contributed by atoms with Crippen LogP contribution in [0.25, 0.3) is 0 Å². The first-order valence-corrected chi connectivity index (χ1v) is 10.4. The molecule has 2 saturated heterocycles. The fourth-order valence-corrected chi connectivity index (χ4v) is 4.06. The van der Waals surface area contributed by atoms with Gasteiger partial charge in [-0.2, -0.15) is 0 Å². The summed E-state index contributed by atoms with van der Waals surface area (Å²) < 4.78 is 0. The van der Waals surface area contributed by atoms with Crippen molar-refractivity contribution >= 4 is 11.7 Å². The molecule has 2 aliphatic heterocycles. The molecule has 1 aliphatic carbocycles. The predicted octanol–water partition coefficient (Wildman–Crippen LogP) is 2.92. The summed E-state index contributed by atoms with van der Waals surface area (Å²) in [5, 5.41) is 3.67. The monoisotopic (exact) mass is 356 g/mol. The normalized spacial score (nSPS) is 22.7. The highest BCUT2D eigenvalue weighted by atomic mass is 16.2. The van der Waals surface area contributed by atoms with E-state index in [1.165, 1.54) is 32.2 Å². The Morgan fingerprint density at radius 3 is 2.42 bits per heavy atom. The van der Waals surface area contributed by atoms with Gasteiger partial charge in [-0.05, 0) is 69.0 Å². The van der Waals surface area contributed by atoms with Crippen molar-refractivity contribution in [1.82, 2.24) is 15.2 Å². The molecule has 1 aromatic heterocycles. The first-order valence-electron chi connectivity index (χ1n) is 10.4. The zero-order valence-electron chi connectivity index (χ0n) is 16.0. The zero-order chi connectivity index (χ0) is 17.9. The lowest BCUT2D eigenvalue weighted by atomic mass is 9.99. The Bertz CT molecular complexity index is 597. The highest BCUT2D eigenvalue weighted by Crippen LogP contribution is 2.28. The van der Waals surface area contributed by atoms with Gasteiger partial charge >= 0.3 is 0 Å². The number of pyridine rings is 1. The first-order chi connectivity index (χ1) is 12.7. The van der Waals surface area contributed by atoms with Gasteiger partial charge in [0.05, 0.1) is 5.56 Å². The van der Waals surface area contributed by atoms with Crippen molar-refractivity contribution in [3.05, 3.63) is 23.9 Å². The summed E-state index contributed by atoms with van der Waals surface area (Å²) in [6.07, 6.45) is 9.14. The van der Waals surface area contributed by atoms with Gasteiger partial charge in [-0.25, -0.2) is 4.98 Å². The second-order valence-corrected chi connectivity index (χ2v) is 8.49. The van der Waals surface area contributed by atoms with Crippen LogP contribution in [0.15, 0.2) is 18.3 Å². The lowest BCUT2D eigenvalue weighted by Gasteiger charge is -2.33. The number of carbonyl (C=O) groups is 1. The van der Waals surface area contributed by atoms with E-state index >= 15 is 0 Å². The fourth-order valence-electron chi connectivity index (χ4n) is 4.06. The number of nitrogens with zero attached hydrogens (tertiary/aromatic N) is 3. The Balaban J connectivity index is 1.28. The Hall–Kier alpha value is -1.62. The van der Waals surface area contributed by atoms with Crippen molar-refractivity contribution in [1.29, 1.82) is 0 Å². The minimum Gasteiger partial charge on any atom is -0.357 e. The van der Waals surface area contributed by atoms with Crippen LogP contribution in [-0.4, -0.2) is 54.6 Å². The maximum atomic E-state index is 12.8. The number of aromatic nitrogens is 1. The number of hydrogen-bond acceptors (Lipinski definition) is 4. The van der Waals surface area contributed by atoms with Crippen LogP contribution < -0.4 is 10.2 Å². The summed E-state index contributed by atoms with van der Waals surface area (Å²) >= 11 is 0. The van der Waals surface area contributed by atoms with E-state index in [1.54, 1.807) is 6.20 Å². The van der Waals surface area contributed by atoms with Gasteiger partial charge in [0.1, 0.15) is 5.82 Å². The van der Waals surface area contributed by atoms with Crippen LogP contribution in [0.1, 0.15) is 55.8 Å². The number of hydrogen-bond donors (Lipinski definition) is 1. The van der Waals surface area contributed by atoms with Crippen LogP contribution in [-0.2, 0) is 0 Å². The SMILES string of the molecule is CC1CCN(c2ccc(C(=O)N3CCC(NCC4CC4)CC3)cn2)CC1. The van der Waals surface area contributed by atoms with Gasteiger partial charge in [0, 0.05) is 38.4 Å². The summed E-state index contributed by atoms with van der Waals surface area (Å²) in [7, 11) is 0. The molecule has 0 spiro atoms. The van der Waals surface area contributed by atoms with E-state index in [2.05, 4.69) is 22.1 Å². The average Bonchev–Trinajstić information content (AvgIpc) is 3.52. The molecule has 26 heavy (non-hydrogen) atoms. The minimum absolute atomic E-state index is 0.136. The van der Waals surface area contributed by atoms with Crippen LogP contribution in [0.4, 0.5) is 5.82 Å². The van der Waals surface area contributed by atoms with Crippen molar-refractivity contribution < 1.29 is 4.79 Å². The summed E-state index contributed by atoms with van der Waals surface area (Å²) in [4.78, 5) is 21.7. The highest BCUT2D eigenvalue weighted by molar-refractivity contribution is 5.94. The molecule has 0 aromatic carbocycles. The second-order valence-electron chi connectivity index (χ2n) is 8.49. The number of anilines is 1. The van der Waals surface area contributed by atoms with Crippen molar-refractivity contribution in [2.45, 2.75) is 51.5 Å². The number of piperidine rings is 2. The predicted molar refractivity (Wildman–Crippen MR) is 105 cm³/mol. The quantitative estimate of drug-likeness (QED) is 0.881. The second kappa shape index (κ2) is 7.95. The van der Waals surface area contributed by atoms with Crippen LogP contribution in [0.5, 0.6) is 0 Å². The van der Waals surface area contributed by atoms with Gasteiger partial charge in [0.15, 0.2) is 0 Å². The number of rotatable bonds is 5. The molecule has 0 radical (unpaired) electrons. The van der Waals surface area contributed by atoms with E-state index in [1.807, 2.05) is 17.0 Å². The zero-order valence-corrected chi connectivity index (χ0v) is 16.0. The molecule has 4 rings (SSSR count). The van der Waals surface area contributed by atoms with E-state index in [-0.39, 0.29) is 5.91 Å². The summed E-state index contributed by atoms with van der Waals surface area (Å²) in [6, 6.07) is 4.56. The van der Waals surface area contributed by atoms with Crippen molar-refractivity contribution in [2.75, 3.05) is 37.6 Å². The Morgan fingerprint density at radius 2 is 1.81 bits per heavy atom. The Labute approximate surface area is 157 Å². The number of carbonyl (C=O) groups excluding carboxylic acids is 1. The molecule has 1 aromatic rings. The van der Waals surface area contributed by atoms with E-state index in [0.29, 0.717) is 6.04 Å². The molecule has 142 valence electrons. The molecule has 5 heteroatoms. The fraction of sp³-hybridized carbons (Fsp3) is 0.714. The van der Waals surface area contributed by atoms with Gasteiger partial charge in [0.25, 0.3) is 5.91 Å². The third-order valence-corrected chi connectivity index (χ3v) is 6.28. The van der Waals surface area contributed by atoms with Gasteiger partial charge in [-0.1, -0.05) is 6.92 Å². The van der Waals surface area contributed by atoms with Crippen LogP contribution in [0.2, 0.25) is 0 Å². The number of nitrogens with one attached hydrogen (secondary N) is 1. The molecule has 0 bridgehead atoms. The average molecular weight is 357 g/mol. The molecule has 1 saturated carbocycles. The van der Waals surface area contributed by atoms with Crippen molar-refractivity contribution in [3.63, 3.8) is 0 Å². The van der Waals surface area contributed by atoms with Gasteiger partial charge < -0.3 is 15.1 Å². The Kier molecular flexibility index (Phi) is 5.44. The van der Waals surface area contributed by atoms with Gasteiger partial charge in [-0.3, -0.25) is 4.79 Å². The lowest BCUT2D eigenvalue weighted by Crippen LogP contribution is -2.45. The molecule has 3 fully saturated rings. The third kappa shape index (κ3) is 4.37. The van der Waals surface area contributed by atoms with E-state index in [9.17, 15) is 4.79 Å². The van der Waals surface area contributed by atoms with E-state index in [4.69, 9.17) is 0 Å². The molecule has 1 amide bonds. The summed E-state index contributed by atoms with van der Waals surface area (Å²) in [6.45, 7) is 7.34. The lowest BCUT2D eigenvalue weighted by molar-refractivity contribution is 0.0704. The van der Waals surface area contributed by atoms with Crippen molar-refractivity contribution in [3.8, 4) is 0 Å². The first kappa shape index (κ1) is 17.8. The largest absolute Gasteiger partial charge is 0.357 e. The molecule has 0 atom stereocenters. The Morgan fingerprint density at radius 1 is 1.08 bits per heavy atom. The van der Waals surface area contributed by atoms with E-state index in [0.717, 1.165) is 62.2 Å². The topological polar surface area (TPSA) is 48.5 Å². The number of amides is 1. The highest BCUT2D eigenvalue weighted by Gasteiger charge is 2.26. The van der Waals surface area contributed by atoms with Gasteiger partial charge in [-0.15, -0.1) is 0 Å². The molecular weight excluding hydrogens is 324 g/mol. The molecule has 3 aliphatic rings. The molecule has 3 heterocycles. The summed E-state index contributed by atoms with van der Waals surface area (Å²) in [5.41, 5.74) is 0.725. The molecular formula is C21H32N4O. The van der Waals surface area contributed by atoms with Crippen LogP contribution in [0.3, 0.4) is 0 Å². The molecule has 0 unspecified atom stereocenters. The molecule has 1 N–H and O–H groups in total. The standard InChI is InChI=1S/C21H32N4O/c1-16-6-10-24(11-7-16)20-5-4-18(15-23-20)21(26)25-12-8-19(9-13-25)22-14-17-2-3-17/h4-5,15-17,19,22H,2-3,6-14H2,1H3. The smallest absolute Gasteiger partial charge is 0.255 e.